The van der Waals surface area contributed by atoms with Crippen molar-refractivity contribution in [3.05, 3.63) is 35.4 Å². The Morgan fingerprint density at radius 3 is 2.12 bits per heavy atom. The molecule has 3 heteroatoms. The SMILES string of the molecule is CC(NC(C)C(C)C)c1ccc(F)c(F)c1. The summed E-state index contributed by atoms with van der Waals surface area (Å²) in [4.78, 5) is 0. The van der Waals surface area contributed by atoms with Crippen molar-refractivity contribution >= 4 is 0 Å². The van der Waals surface area contributed by atoms with E-state index in [4.69, 9.17) is 0 Å². The van der Waals surface area contributed by atoms with Gasteiger partial charge in [-0.1, -0.05) is 19.9 Å². The zero-order valence-corrected chi connectivity index (χ0v) is 10.2. The highest BCUT2D eigenvalue weighted by molar-refractivity contribution is 5.20. The molecule has 1 rings (SSSR count). The van der Waals surface area contributed by atoms with E-state index in [1.807, 2.05) is 6.92 Å². The standard InChI is InChI=1S/C13H19F2N/c1-8(2)9(3)16-10(4)11-5-6-12(14)13(15)7-11/h5-10,16H,1-4H3. The lowest BCUT2D eigenvalue weighted by Gasteiger charge is -2.23. The van der Waals surface area contributed by atoms with Gasteiger partial charge in [0.1, 0.15) is 0 Å². The van der Waals surface area contributed by atoms with Crippen molar-refractivity contribution in [2.45, 2.75) is 39.8 Å². The van der Waals surface area contributed by atoms with Crippen LogP contribution in [0.1, 0.15) is 39.3 Å². The fourth-order valence-corrected chi connectivity index (χ4v) is 1.46. The Balaban J connectivity index is 2.73. The Morgan fingerprint density at radius 1 is 1.00 bits per heavy atom. The average molecular weight is 227 g/mol. The van der Waals surface area contributed by atoms with Gasteiger partial charge in [0, 0.05) is 12.1 Å². The molecule has 0 saturated heterocycles. The Labute approximate surface area is 95.9 Å². The minimum Gasteiger partial charge on any atom is -0.307 e. The van der Waals surface area contributed by atoms with Crippen LogP contribution in [0, 0.1) is 17.6 Å². The third-order valence-corrected chi connectivity index (χ3v) is 2.96. The van der Waals surface area contributed by atoms with E-state index in [-0.39, 0.29) is 6.04 Å². The topological polar surface area (TPSA) is 12.0 Å². The van der Waals surface area contributed by atoms with Gasteiger partial charge in [-0.25, -0.2) is 8.78 Å². The first-order valence-corrected chi connectivity index (χ1v) is 5.62. The number of benzene rings is 1. The molecule has 0 aliphatic carbocycles. The van der Waals surface area contributed by atoms with Crippen LogP contribution in [0.5, 0.6) is 0 Å². The van der Waals surface area contributed by atoms with E-state index in [2.05, 4.69) is 26.1 Å². The molecule has 1 N–H and O–H groups in total. The fraction of sp³-hybridized carbons (Fsp3) is 0.538. The lowest BCUT2D eigenvalue weighted by Crippen LogP contribution is -2.33. The molecular weight excluding hydrogens is 208 g/mol. The molecule has 0 aliphatic heterocycles. The molecule has 0 saturated carbocycles. The quantitative estimate of drug-likeness (QED) is 0.827. The van der Waals surface area contributed by atoms with Crippen LogP contribution in [0.25, 0.3) is 0 Å². The first-order chi connectivity index (χ1) is 7.41. The van der Waals surface area contributed by atoms with Crippen LogP contribution < -0.4 is 5.32 Å². The molecule has 2 unspecified atom stereocenters. The molecule has 1 aromatic carbocycles. The lowest BCUT2D eigenvalue weighted by molar-refractivity contribution is 0.387. The van der Waals surface area contributed by atoms with E-state index in [1.165, 1.54) is 12.1 Å². The van der Waals surface area contributed by atoms with Crippen LogP contribution in [-0.2, 0) is 0 Å². The third-order valence-electron chi connectivity index (χ3n) is 2.96. The van der Waals surface area contributed by atoms with Gasteiger partial charge in [-0.05, 0) is 37.5 Å². The van der Waals surface area contributed by atoms with Crippen LogP contribution in [0.4, 0.5) is 8.78 Å². The van der Waals surface area contributed by atoms with E-state index < -0.39 is 11.6 Å². The normalized spacial score (nSPS) is 15.2. The Kier molecular flexibility index (Phi) is 4.42. The number of halogens is 2. The summed E-state index contributed by atoms with van der Waals surface area (Å²) in [5.41, 5.74) is 0.770. The fourth-order valence-electron chi connectivity index (χ4n) is 1.46. The maximum atomic E-state index is 13.0. The smallest absolute Gasteiger partial charge is 0.159 e. The van der Waals surface area contributed by atoms with Gasteiger partial charge in [-0.3, -0.25) is 0 Å². The van der Waals surface area contributed by atoms with Gasteiger partial charge in [0.15, 0.2) is 11.6 Å². The number of hydrogen-bond acceptors (Lipinski definition) is 1. The maximum absolute atomic E-state index is 13.0. The summed E-state index contributed by atoms with van der Waals surface area (Å²) in [7, 11) is 0. The summed E-state index contributed by atoms with van der Waals surface area (Å²) >= 11 is 0. The first-order valence-electron chi connectivity index (χ1n) is 5.62. The van der Waals surface area contributed by atoms with Crippen molar-refractivity contribution in [2.75, 3.05) is 0 Å². The largest absolute Gasteiger partial charge is 0.307 e. The third kappa shape index (κ3) is 3.27. The van der Waals surface area contributed by atoms with Crippen LogP contribution in [0.3, 0.4) is 0 Å². The molecule has 0 spiro atoms. The van der Waals surface area contributed by atoms with E-state index in [0.717, 1.165) is 5.56 Å². The van der Waals surface area contributed by atoms with Crippen molar-refractivity contribution < 1.29 is 8.78 Å². The summed E-state index contributed by atoms with van der Waals surface area (Å²) in [5.74, 6) is -1.08. The summed E-state index contributed by atoms with van der Waals surface area (Å²) in [6, 6.07) is 4.39. The van der Waals surface area contributed by atoms with E-state index >= 15 is 0 Å². The summed E-state index contributed by atoms with van der Waals surface area (Å²) in [6.45, 7) is 8.28. The molecule has 0 aromatic heterocycles. The number of nitrogens with one attached hydrogen (secondary N) is 1. The molecule has 0 amide bonds. The van der Waals surface area contributed by atoms with Gasteiger partial charge < -0.3 is 5.32 Å². The molecule has 16 heavy (non-hydrogen) atoms. The Morgan fingerprint density at radius 2 is 1.62 bits per heavy atom. The van der Waals surface area contributed by atoms with Gasteiger partial charge in [-0.15, -0.1) is 0 Å². The van der Waals surface area contributed by atoms with Crippen molar-refractivity contribution in [3.8, 4) is 0 Å². The minimum atomic E-state index is -0.798. The zero-order valence-electron chi connectivity index (χ0n) is 10.2. The summed E-state index contributed by atoms with van der Waals surface area (Å²) < 4.78 is 25.8. The molecule has 0 aliphatic rings. The second-order valence-electron chi connectivity index (χ2n) is 4.59. The second-order valence-corrected chi connectivity index (χ2v) is 4.59. The highest BCUT2D eigenvalue weighted by Gasteiger charge is 2.13. The van der Waals surface area contributed by atoms with Crippen molar-refractivity contribution in [2.24, 2.45) is 5.92 Å². The molecule has 1 nitrogen and oxygen atoms in total. The monoisotopic (exact) mass is 227 g/mol. The van der Waals surface area contributed by atoms with Gasteiger partial charge in [0.05, 0.1) is 0 Å². The predicted octanol–water partition coefficient (Wildman–Crippen LogP) is 3.66. The first kappa shape index (κ1) is 13.1. The zero-order chi connectivity index (χ0) is 12.3. The number of rotatable bonds is 4. The molecule has 0 fully saturated rings. The Bertz CT molecular complexity index is 350. The lowest BCUT2D eigenvalue weighted by atomic mass is 10.0. The molecule has 90 valence electrons. The molecule has 0 radical (unpaired) electrons. The maximum Gasteiger partial charge on any atom is 0.159 e. The molecule has 0 heterocycles. The number of hydrogen-bond donors (Lipinski definition) is 1. The van der Waals surface area contributed by atoms with Gasteiger partial charge >= 0.3 is 0 Å². The van der Waals surface area contributed by atoms with E-state index in [9.17, 15) is 8.78 Å². The summed E-state index contributed by atoms with van der Waals surface area (Å²) in [6.07, 6.45) is 0. The van der Waals surface area contributed by atoms with Crippen molar-refractivity contribution in [1.29, 1.82) is 0 Å². The van der Waals surface area contributed by atoms with Gasteiger partial charge in [0.2, 0.25) is 0 Å². The molecule has 2 atom stereocenters. The van der Waals surface area contributed by atoms with Crippen LogP contribution in [0.15, 0.2) is 18.2 Å². The van der Waals surface area contributed by atoms with Crippen LogP contribution in [0.2, 0.25) is 0 Å². The average Bonchev–Trinajstić information content (AvgIpc) is 2.21. The molecular formula is C13H19F2N. The van der Waals surface area contributed by atoms with Gasteiger partial charge in [-0.2, -0.15) is 0 Å². The second kappa shape index (κ2) is 5.39. The predicted molar refractivity (Wildman–Crippen MR) is 62.2 cm³/mol. The minimum absolute atomic E-state index is 0.0208. The molecule has 0 bridgehead atoms. The highest BCUT2D eigenvalue weighted by atomic mass is 19.2. The van der Waals surface area contributed by atoms with E-state index in [0.29, 0.717) is 12.0 Å². The van der Waals surface area contributed by atoms with E-state index in [1.54, 1.807) is 6.07 Å². The summed E-state index contributed by atoms with van der Waals surface area (Å²) in [5, 5.41) is 3.35. The Hall–Kier alpha value is -0.960. The van der Waals surface area contributed by atoms with Crippen molar-refractivity contribution in [3.63, 3.8) is 0 Å². The highest BCUT2D eigenvalue weighted by Crippen LogP contribution is 2.17. The van der Waals surface area contributed by atoms with Crippen LogP contribution in [-0.4, -0.2) is 6.04 Å². The molecule has 1 aromatic rings. The van der Waals surface area contributed by atoms with Crippen molar-refractivity contribution in [1.82, 2.24) is 5.32 Å². The van der Waals surface area contributed by atoms with Crippen LogP contribution >= 0.6 is 0 Å². The van der Waals surface area contributed by atoms with Gasteiger partial charge in [0.25, 0.3) is 0 Å².